The molecule has 320 valence electrons. The van der Waals surface area contributed by atoms with E-state index >= 15 is 0 Å². The third-order valence-electron chi connectivity index (χ3n) is 13.4. The number of benzene rings is 11. The summed E-state index contributed by atoms with van der Waals surface area (Å²) in [7, 11) is 0. The fourth-order valence-corrected chi connectivity index (χ4v) is 11.3. The van der Waals surface area contributed by atoms with Crippen molar-refractivity contribution in [2.24, 2.45) is 0 Å². The number of thiophene rings is 1. The number of anilines is 6. The molecule has 3 nitrogen and oxygen atoms in total. The molecule has 0 saturated heterocycles. The molecule has 0 spiro atoms. The summed E-state index contributed by atoms with van der Waals surface area (Å²) in [6.45, 7) is 0. The van der Waals surface area contributed by atoms with Crippen LogP contribution >= 0.6 is 11.3 Å². The zero-order valence-corrected chi connectivity index (χ0v) is 37.9. The van der Waals surface area contributed by atoms with Crippen molar-refractivity contribution >= 4 is 98.2 Å². The van der Waals surface area contributed by atoms with Gasteiger partial charge in [-0.25, -0.2) is 0 Å². The van der Waals surface area contributed by atoms with E-state index in [0.29, 0.717) is 0 Å². The second-order valence-electron chi connectivity index (χ2n) is 17.4. The van der Waals surface area contributed by atoms with Gasteiger partial charge in [-0.3, -0.25) is 0 Å². The van der Waals surface area contributed by atoms with Gasteiger partial charge in [-0.15, -0.1) is 11.3 Å². The molecule has 0 N–H and O–H groups in total. The zero-order chi connectivity index (χ0) is 45.0. The van der Waals surface area contributed by atoms with Crippen molar-refractivity contribution in [2.75, 3.05) is 9.80 Å². The topological polar surface area (TPSA) is 11.4 Å². The molecule has 0 radical (unpaired) electrons. The molecule has 0 unspecified atom stereocenters. The van der Waals surface area contributed by atoms with Gasteiger partial charge >= 0.3 is 0 Å². The number of aromatic nitrogens is 1. The predicted molar refractivity (Wildman–Crippen MR) is 291 cm³/mol. The van der Waals surface area contributed by atoms with Gasteiger partial charge in [-0.2, -0.15) is 0 Å². The summed E-state index contributed by atoms with van der Waals surface area (Å²) >= 11 is 1.86. The molecule has 2 aromatic heterocycles. The number of fused-ring (bicyclic) bond motifs is 7. The van der Waals surface area contributed by atoms with Crippen LogP contribution in [0.1, 0.15) is 0 Å². The Morgan fingerprint density at radius 1 is 0.294 bits per heavy atom. The largest absolute Gasteiger partial charge is 0.310 e. The predicted octanol–water partition coefficient (Wildman–Crippen LogP) is 18.6. The summed E-state index contributed by atoms with van der Waals surface area (Å²) in [4.78, 5) is 4.77. The molecular formula is C64H43N3S. The Kier molecular flexibility index (Phi) is 9.69. The standard InChI is InChI=1S/C64H43N3S/c1-3-14-44(15-4-1)46-26-34-54(35-27-46)67-60-23-11-9-20-56(60)57-41-31-49(43-62(57)67)47-28-32-52(33-29-47)66(61-24-13-22-59-58-21-10-12-25-63(58)68-64(59)61)53-39-37-51(38-40-53)65(50-18-5-2-6-19-50)55-36-30-45-16-7-8-17-48(45)42-55/h1-43H. The third kappa shape index (κ3) is 6.90. The summed E-state index contributed by atoms with van der Waals surface area (Å²) in [5.41, 5.74) is 14.9. The molecule has 0 fully saturated rings. The average Bonchev–Trinajstić information content (AvgIpc) is 3.96. The summed E-state index contributed by atoms with van der Waals surface area (Å²) in [6, 6.07) is 94.8. The lowest BCUT2D eigenvalue weighted by molar-refractivity contribution is 1.18. The lowest BCUT2D eigenvalue weighted by Crippen LogP contribution is -2.12. The second-order valence-corrected chi connectivity index (χ2v) is 18.4. The Morgan fingerprint density at radius 3 is 1.60 bits per heavy atom. The van der Waals surface area contributed by atoms with Crippen LogP contribution in [0, 0.1) is 0 Å². The highest BCUT2D eigenvalue weighted by Crippen LogP contribution is 2.46. The first-order valence-corrected chi connectivity index (χ1v) is 24.0. The molecule has 2 heterocycles. The van der Waals surface area contributed by atoms with Gasteiger partial charge in [-0.05, 0) is 130 Å². The van der Waals surface area contributed by atoms with Crippen molar-refractivity contribution in [1.82, 2.24) is 4.57 Å². The second kappa shape index (κ2) is 16.6. The van der Waals surface area contributed by atoms with Gasteiger partial charge in [0.25, 0.3) is 0 Å². The van der Waals surface area contributed by atoms with Crippen molar-refractivity contribution in [3.05, 3.63) is 261 Å². The molecular weight excluding hydrogens is 843 g/mol. The molecule has 0 aliphatic rings. The van der Waals surface area contributed by atoms with Gasteiger partial charge in [0.15, 0.2) is 0 Å². The van der Waals surface area contributed by atoms with Crippen LogP contribution < -0.4 is 9.80 Å². The maximum atomic E-state index is 2.42. The van der Waals surface area contributed by atoms with Crippen molar-refractivity contribution in [1.29, 1.82) is 0 Å². The van der Waals surface area contributed by atoms with Crippen molar-refractivity contribution in [2.45, 2.75) is 0 Å². The average molecular weight is 886 g/mol. The first-order valence-electron chi connectivity index (χ1n) is 23.2. The van der Waals surface area contributed by atoms with Crippen molar-refractivity contribution in [3.63, 3.8) is 0 Å². The van der Waals surface area contributed by atoms with Crippen LogP contribution in [0.25, 0.3) is 80.7 Å². The quantitative estimate of drug-likeness (QED) is 0.143. The van der Waals surface area contributed by atoms with Crippen LogP contribution in [0.2, 0.25) is 0 Å². The number of hydrogen-bond acceptors (Lipinski definition) is 3. The third-order valence-corrected chi connectivity index (χ3v) is 14.6. The maximum Gasteiger partial charge on any atom is 0.0640 e. The van der Waals surface area contributed by atoms with E-state index in [1.54, 1.807) is 0 Å². The first-order chi connectivity index (χ1) is 33.7. The van der Waals surface area contributed by atoms with E-state index in [-0.39, 0.29) is 0 Å². The summed E-state index contributed by atoms with van der Waals surface area (Å²) in [5, 5.41) is 7.48. The van der Waals surface area contributed by atoms with Crippen LogP contribution in [0.4, 0.5) is 34.1 Å². The van der Waals surface area contributed by atoms with Crippen LogP contribution in [0.15, 0.2) is 261 Å². The first kappa shape index (κ1) is 39.6. The molecule has 0 bridgehead atoms. The van der Waals surface area contributed by atoms with Crippen LogP contribution in [0.3, 0.4) is 0 Å². The molecule has 0 saturated carbocycles. The summed E-state index contributed by atoms with van der Waals surface area (Å²) < 4.78 is 4.96. The molecule has 13 rings (SSSR count). The smallest absolute Gasteiger partial charge is 0.0640 e. The number of para-hydroxylation sites is 2. The molecule has 0 aliphatic heterocycles. The fraction of sp³-hybridized carbons (Fsp3) is 0. The van der Waals surface area contributed by atoms with Crippen LogP contribution in [-0.4, -0.2) is 4.57 Å². The monoisotopic (exact) mass is 885 g/mol. The molecule has 0 amide bonds. The minimum Gasteiger partial charge on any atom is -0.310 e. The highest BCUT2D eigenvalue weighted by Gasteiger charge is 2.21. The zero-order valence-electron chi connectivity index (χ0n) is 37.1. The van der Waals surface area contributed by atoms with E-state index < -0.39 is 0 Å². The van der Waals surface area contributed by atoms with Crippen molar-refractivity contribution < 1.29 is 0 Å². The van der Waals surface area contributed by atoms with Gasteiger partial charge in [0.2, 0.25) is 0 Å². The Hall–Kier alpha value is -8.70. The molecule has 68 heavy (non-hydrogen) atoms. The Bertz CT molecular complexity index is 3950. The van der Waals surface area contributed by atoms with E-state index in [9.17, 15) is 0 Å². The molecule has 13 aromatic rings. The maximum absolute atomic E-state index is 2.42. The van der Waals surface area contributed by atoms with Gasteiger partial charge in [0, 0.05) is 60.4 Å². The Morgan fingerprint density at radius 2 is 0.824 bits per heavy atom. The summed E-state index contributed by atoms with van der Waals surface area (Å²) in [6.07, 6.45) is 0. The highest BCUT2D eigenvalue weighted by molar-refractivity contribution is 7.26. The Balaban J connectivity index is 0.912. The van der Waals surface area contributed by atoms with E-state index in [0.717, 1.165) is 45.4 Å². The SMILES string of the molecule is c1ccc(-c2ccc(-n3c4ccccc4c4ccc(-c5ccc(N(c6ccc(N(c7ccccc7)c7ccc8ccccc8c7)cc6)c6cccc7c6sc6ccccc67)cc5)cc43)cc2)cc1. The molecule has 11 aromatic carbocycles. The molecule has 0 aliphatic carbocycles. The lowest BCUT2D eigenvalue weighted by Gasteiger charge is -2.29. The van der Waals surface area contributed by atoms with E-state index in [1.165, 1.54) is 69.4 Å². The van der Waals surface area contributed by atoms with Gasteiger partial charge < -0.3 is 14.4 Å². The molecule has 0 atom stereocenters. The fourth-order valence-electron chi connectivity index (χ4n) is 10.1. The van der Waals surface area contributed by atoms with Crippen LogP contribution in [-0.2, 0) is 0 Å². The van der Waals surface area contributed by atoms with E-state index in [2.05, 4.69) is 275 Å². The van der Waals surface area contributed by atoms with Crippen molar-refractivity contribution in [3.8, 4) is 27.9 Å². The van der Waals surface area contributed by atoms with E-state index in [4.69, 9.17) is 0 Å². The van der Waals surface area contributed by atoms with E-state index in [1.807, 2.05) is 11.3 Å². The van der Waals surface area contributed by atoms with Gasteiger partial charge in [0.05, 0.1) is 21.4 Å². The summed E-state index contributed by atoms with van der Waals surface area (Å²) in [5.74, 6) is 0. The normalized spacial score (nSPS) is 11.5. The lowest BCUT2D eigenvalue weighted by atomic mass is 10.0. The highest BCUT2D eigenvalue weighted by atomic mass is 32.1. The number of nitrogens with zero attached hydrogens (tertiary/aromatic N) is 3. The minimum absolute atomic E-state index is 1.09. The minimum atomic E-state index is 1.09. The van der Waals surface area contributed by atoms with Crippen LogP contribution in [0.5, 0.6) is 0 Å². The van der Waals surface area contributed by atoms with Gasteiger partial charge in [0.1, 0.15) is 0 Å². The molecule has 4 heteroatoms. The number of rotatable bonds is 9. The Labute approximate surface area is 399 Å². The number of hydrogen-bond donors (Lipinski definition) is 0. The van der Waals surface area contributed by atoms with Gasteiger partial charge in [-0.1, -0.05) is 164 Å².